The van der Waals surface area contributed by atoms with Crippen molar-refractivity contribution in [3.63, 3.8) is 0 Å². The maximum Gasteiger partial charge on any atom is 0.125 e. The SMILES string of the molecule is Cl.Cn1c2c(c3ccc(F)cc31)CCNC2. The van der Waals surface area contributed by atoms with Gasteiger partial charge in [-0.2, -0.15) is 0 Å². The van der Waals surface area contributed by atoms with E-state index in [1.54, 1.807) is 12.1 Å². The molecular weight excluding hydrogens is 227 g/mol. The van der Waals surface area contributed by atoms with E-state index >= 15 is 0 Å². The van der Waals surface area contributed by atoms with Crippen molar-refractivity contribution in [2.75, 3.05) is 6.54 Å². The number of aromatic nitrogens is 1. The van der Waals surface area contributed by atoms with E-state index in [2.05, 4.69) is 9.88 Å². The topological polar surface area (TPSA) is 17.0 Å². The number of halogens is 2. The van der Waals surface area contributed by atoms with Crippen LogP contribution in [0, 0.1) is 5.82 Å². The predicted octanol–water partition coefficient (Wildman–Crippen LogP) is 2.38. The number of nitrogens with zero attached hydrogens (tertiary/aromatic N) is 1. The molecule has 16 heavy (non-hydrogen) atoms. The summed E-state index contributed by atoms with van der Waals surface area (Å²) in [6, 6.07) is 5.06. The highest BCUT2D eigenvalue weighted by atomic mass is 35.5. The predicted molar refractivity (Wildman–Crippen MR) is 65.5 cm³/mol. The third kappa shape index (κ3) is 1.51. The first kappa shape index (κ1) is 11.4. The fourth-order valence-electron chi connectivity index (χ4n) is 2.47. The molecule has 0 amide bonds. The molecule has 1 aromatic carbocycles. The van der Waals surface area contributed by atoms with Crippen LogP contribution in [0.2, 0.25) is 0 Å². The first-order valence-corrected chi connectivity index (χ1v) is 5.24. The fourth-order valence-corrected chi connectivity index (χ4v) is 2.47. The van der Waals surface area contributed by atoms with Crippen molar-refractivity contribution in [3.8, 4) is 0 Å². The molecule has 0 fully saturated rings. The van der Waals surface area contributed by atoms with Crippen LogP contribution < -0.4 is 5.32 Å². The van der Waals surface area contributed by atoms with Crippen molar-refractivity contribution in [1.29, 1.82) is 0 Å². The Morgan fingerprint density at radius 3 is 3.00 bits per heavy atom. The molecule has 0 unspecified atom stereocenters. The van der Waals surface area contributed by atoms with E-state index in [4.69, 9.17) is 0 Å². The number of hydrogen-bond donors (Lipinski definition) is 1. The maximum absolute atomic E-state index is 13.2. The largest absolute Gasteiger partial charge is 0.346 e. The zero-order chi connectivity index (χ0) is 10.4. The molecule has 86 valence electrons. The minimum Gasteiger partial charge on any atom is -0.346 e. The van der Waals surface area contributed by atoms with Gasteiger partial charge in [0.1, 0.15) is 5.82 Å². The van der Waals surface area contributed by atoms with Gasteiger partial charge in [-0.25, -0.2) is 4.39 Å². The lowest BCUT2D eigenvalue weighted by Crippen LogP contribution is -2.24. The molecule has 0 aliphatic carbocycles. The summed E-state index contributed by atoms with van der Waals surface area (Å²) in [7, 11) is 2.01. The van der Waals surface area contributed by atoms with Crippen LogP contribution in [0.4, 0.5) is 4.39 Å². The summed E-state index contributed by atoms with van der Waals surface area (Å²) < 4.78 is 15.2. The molecule has 0 atom stereocenters. The van der Waals surface area contributed by atoms with Crippen LogP contribution in [0.25, 0.3) is 10.9 Å². The molecule has 1 aliphatic rings. The molecule has 1 aromatic heterocycles. The highest BCUT2D eigenvalue weighted by molar-refractivity contribution is 5.86. The van der Waals surface area contributed by atoms with E-state index in [1.807, 2.05) is 13.1 Å². The Kier molecular flexibility index (Phi) is 2.91. The van der Waals surface area contributed by atoms with Crippen LogP contribution in [0.1, 0.15) is 11.3 Å². The molecule has 2 heterocycles. The third-order valence-corrected chi connectivity index (χ3v) is 3.24. The Bertz CT molecular complexity index is 533. The molecule has 2 nitrogen and oxygen atoms in total. The summed E-state index contributed by atoms with van der Waals surface area (Å²) in [5, 5.41) is 4.55. The average molecular weight is 241 g/mol. The lowest BCUT2D eigenvalue weighted by Gasteiger charge is -2.14. The number of hydrogen-bond acceptors (Lipinski definition) is 1. The third-order valence-electron chi connectivity index (χ3n) is 3.24. The molecule has 0 spiro atoms. The van der Waals surface area contributed by atoms with Crippen molar-refractivity contribution in [2.45, 2.75) is 13.0 Å². The van der Waals surface area contributed by atoms with Gasteiger partial charge < -0.3 is 9.88 Å². The van der Waals surface area contributed by atoms with Gasteiger partial charge in [-0.05, 0) is 36.7 Å². The number of nitrogens with one attached hydrogen (secondary N) is 1. The molecule has 4 heteroatoms. The van der Waals surface area contributed by atoms with Crippen molar-refractivity contribution in [3.05, 3.63) is 35.3 Å². The van der Waals surface area contributed by atoms with Crippen LogP contribution in [0.3, 0.4) is 0 Å². The van der Waals surface area contributed by atoms with Crippen LogP contribution in [-0.4, -0.2) is 11.1 Å². The van der Waals surface area contributed by atoms with E-state index in [9.17, 15) is 4.39 Å². The van der Waals surface area contributed by atoms with Crippen molar-refractivity contribution in [1.82, 2.24) is 9.88 Å². The highest BCUT2D eigenvalue weighted by Gasteiger charge is 2.17. The average Bonchev–Trinajstić information content (AvgIpc) is 2.54. The summed E-state index contributed by atoms with van der Waals surface area (Å²) in [5.74, 6) is -0.159. The molecular formula is C12H14ClFN2. The van der Waals surface area contributed by atoms with Gasteiger partial charge >= 0.3 is 0 Å². The summed E-state index contributed by atoms with van der Waals surface area (Å²) >= 11 is 0. The molecule has 1 aliphatic heterocycles. The quantitative estimate of drug-likeness (QED) is 0.748. The van der Waals surface area contributed by atoms with Gasteiger partial charge in [-0.1, -0.05) is 0 Å². The minimum absolute atomic E-state index is 0. The molecule has 3 rings (SSSR count). The van der Waals surface area contributed by atoms with Gasteiger partial charge in [0.05, 0.1) is 5.52 Å². The van der Waals surface area contributed by atoms with Crippen molar-refractivity contribution < 1.29 is 4.39 Å². The summed E-state index contributed by atoms with van der Waals surface area (Å²) in [6.45, 7) is 1.91. The standard InChI is InChI=1S/C12H13FN2.ClH/c1-15-11-6-8(13)2-3-9(11)10-4-5-14-7-12(10)15;/h2-3,6,14H,4-5,7H2,1H3;1H. The Labute approximate surface area is 99.9 Å². The van der Waals surface area contributed by atoms with Gasteiger partial charge in [0.25, 0.3) is 0 Å². The Balaban J connectivity index is 0.000000963. The number of fused-ring (bicyclic) bond motifs is 3. The van der Waals surface area contributed by atoms with E-state index in [0.29, 0.717) is 0 Å². The first-order chi connectivity index (χ1) is 7.27. The fraction of sp³-hybridized carbons (Fsp3) is 0.333. The molecule has 1 N–H and O–H groups in total. The number of aryl methyl sites for hydroxylation is 1. The normalized spacial score (nSPS) is 14.6. The molecule has 0 radical (unpaired) electrons. The zero-order valence-electron chi connectivity index (χ0n) is 9.09. The molecule has 0 saturated heterocycles. The van der Waals surface area contributed by atoms with E-state index in [-0.39, 0.29) is 18.2 Å². The second kappa shape index (κ2) is 4.07. The van der Waals surface area contributed by atoms with Crippen LogP contribution in [-0.2, 0) is 20.0 Å². The Hall–Kier alpha value is -1.06. The van der Waals surface area contributed by atoms with Gasteiger partial charge in [-0.3, -0.25) is 0 Å². The zero-order valence-corrected chi connectivity index (χ0v) is 9.90. The molecule has 0 bridgehead atoms. The van der Waals surface area contributed by atoms with E-state index in [1.165, 1.54) is 16.6 Å². The molecule has 0 saturated carbocycles. The second-order valence-electron chi connectivity index (χ2n) is 4.07. The minimum atomic E-state index is -0.159. The maximum atomic E-state index is 13.2. The van der Waals surface area contributed by atoms with Crippen LogP contribution in [0.5, 0.6) is 0 Å². The smallest absolute Gasteiger partial charge is 0.125 e. The lowest BCUT2D eigenvalue weighted by molar-refractivity contribution is 0.613. The number of benzene rings is 1. The monoisotopic (exact) mass is 240 g/mol. The molecule has 2 aromatic rings. The Morgan fingerprint density at radius 2 is 2.19 bits per heavy atom. The van der Waals surface area contributed by atoms with Crippen molar-refractivity contribution >= 4 is 23.3 Å². The summed E-state index contributed by atoms with van der Waals surface area (Å²) in [5.41, 5.74) is 3.68. The van der Waals surface area contributed by atoms with Gasteiger partial charge in [0.2, 0.25) is 0 Å². The van der Waals surface area contributed by atoms with E-state index < -0.39 is 0 Å². The number of rotatable bonds is 0. The highest BCUT2D eigenvalue weighted by Crippen LogP contribution is 2.27. The summed E-state index contributed by atoms with van der Waals surface area (Å²) in [6.07, 6.45) is 1.04. The van der Waals surface area contributed by atoms with Gasteiger partial charge in [0, 0.05) is 24.7 Å². The first-order valence-electron chi connectivity index (χ1n) is 5.24. The van der Waals surface area contributed by atoms with Crippen molar-refractivity contribution in [2.24, 2.45) is 7.05 Å². The Morgan fingerprint density at radius 1 is 1.38 bits per heavy atom. The second-order valence-corrected chi connectivity index (χ2v) is 4.07. The lowest BCUT2D eigenvalue weighted by atomic mass is 10.0. The van der Waals surface area contributed by atoms with Gasteiger partial charge in [0.15, 0.2) is 0 Å². The van der Waals surface area contributed by atoms with Gasteiger partial charge in [-0.15, -0.1) is 12.4 Å². The summed E-state index contributed by atoms with van der Waals surface area (Å²) in [4.78, 5) is 0. The van der Waals surface area contributed by atoms with Crippen LogP contribution in [0.15, 0.2) is 18.2 Å². The van der Waals surface area contributed by atoms with E-state index in [0.717, 1.165) is 25.0 Å². The van der Waals surface area contributed by atoms with Crippen LogP contribution >= 0.6 is 12.4 Å².